The number of fused-ring (bicyclic) bond motifs is 1. The number of carbonyl (C=O) groups is 1. The standard InChI is InChI=1S/C20H20N4O/c1-14-8-6-7-11-17(14)19(25)23-15(2)12-18(16-9-4-3-5-10-16)24-20(23)21-13-22-24/h3-11,13,15,18H,12H2,1-2H3/t15-,18+/m1/s1. The molecule has 126 valence electrons. The van der Waals surface area contributed by atoms with Crippen molar-refractivity contribution < 1.29 is 4.79 Å². The lowest BCUT2D eigenvalue weighted by Crippen LogP contribution is -2.46. The van der Waals surface area contributed by atoms with Gasteiger partial charge in [0.2, 0.25) is 5.95 Å². The Morgan fingerprint density at radius 1 is 1.08 bits per heavy atom. The van der Waals surface area contributed by atoms with Crippen LogP contribution in [0.2, 0.25) is 0 Å². The Kier molecular flexibility index (Phi) is 3.84. The Bertz CT molecular complexity index is 903. The number of nitrogens with zero attached hydrogens (tertiary/aromatic N) is 4. The Morgan fingerprint density at radius 2 is 1.80 bits per heavy atom. The van der Waals surface area contributed by atoms with Crippen LogP contribution in [0.4, 0.5) is 5.95 Å². The molecule has 5 heteroatoms. The molecule has 0 fully saturated rings. The maximum absolute atomic E-state index is 13.2. The molecule has 2 aromatic carbocycles. The number of rotatable bonds is 2. The number of hydrogen-bond acceptors (Lipinski definition) is 3. The van der Waals surface area contributed by atoms with Gasteiger partial charge in [-0.15, -0.1) is 0 Å². The van der Waals surface area contributed by atoms with E-state index in [9.17, 15) is 4.79 Å². The summed E-state index contributed by atoms with van der Waals surface area (Å²) in [5.41, 5.74) is 2.86. The molecule has 1 amide bonds. The first-order chi connectivity index (χ1) is 12.2. The van der Waals surface area contributed by atoms with Crippen LogP contribution in [-0.4, -0.2) is 26.7 Å². The van der Waals surface area contributed by atoms with E-state index >= 15 is 0 Å². The molecule has 1 aromatic heterocycles. The summed E-state index contributed by atoms with van der Waals surface area (Å²) >= 11 is 0. The minimum atomic E-state index is -0.0219. The number of amides is 1. The van der Waals surface area contributed by atoms with E-state index in [4.69, 9.17) is 0 Å². The molecular formula is C20H20N4O. The van der Waals surface area contributed by atoms with Crippen molar-refractivity contribution in [2.45, 2.75) is 32.4 Å². The molecule has 1 aliphatic rings. The zero-order valence-electron chi connectivity index (χ0n) is 14.3. The van der Waals surface area contributed by atoms with Crippen LogP contribution in [0.3, 0.4) is 0 Å². The molecule has 1 aliphatic heterocycles. The third-order valence-electron chi connectivity index (χ3n) is 4.85. The maximum atomic E-state index is 13.2. The van der Waals surface area contributed by atoms with Gasteiger partial charge in [-0.1, -0.05) is 48.5 Å². The van der Waals surface area contributed by atoms with Gasteiger partial charge in [0.1, 0.15) is 6.33 Å². The second-order valence-electron chi connectivity index (χ2n) is 6.51. The zero-order chi connectivity index (χ0) is 17.4. The van der Waals surface area contributed by atoms with Crippen molar-refractivity contribution in [3.05, 3.63) is 77.6 Å². The molecule has 2 heterocycles. The normalized spacial score (nSPS) is 19.5. The summed E-state index contributed by atoms with van der Waals surface area (Å²) in [7, 11) is 0. The highest BCUT2D eigenvalue weighted by molar-refractivity contribution is 6.06. The van der Waals surface area contributed by atoms with Gasteiger partial charge >= 0.3 is 0 Å². The third-order valence-corrected chi connectivity index (χ3v) is 4.85. The maximum Gasteiger partial charge on any atom is 0.261 e. The van der Waals surface area contributed by atoms with Gasteiger partial charge in [-0.2, -0.15) is 10.1 Å². The van der Waals surface area contributed by atoms with Crippen molar-refractivity contribution in [1.82, 2.24) is 14.8 Å². The summed E-state index contributed by atoms with van der Waals surface area (Å²) in [5.74, 6) is 0.590. The van der Waals surface area contributed by atoms with Gasteiger partial charge in [0.25, 0.3) is 5.91 Å². The van der Waals surface area contributed by atoms with Crippen molar-refractivity contribution in [2.75, 3.05) is 4.90 Å². The third kappa shape index (κ3) is 2.61. The first-order valence-electron chi connectivity index (χ1n) is 8.50. The lowest BCUT2D eigenvalue weighted by Gasteiger charge is -2.37. The number of aromatic nitrogens is 3. The monoisotopic (exact) mass is 332 g/mol. The summed E-state index contributed by atoms with van der Waals surface area (Å²) in [4.78, 5) is 19.3. The molecule has 0 radical (unpaired) electrons. The van der Waals surface area contributed by atoms with Crippen molar-refractivity contribution in [3.63, 3.8) is 0 Å². The van der Waals surface area contributed by atoms with Crippen LogP contribution < -0.4 is 4.90 Å². The number of aryl methyl sites for hydroxylation is 1. The predicted octanol–water partition coefficient (Wildman–Crippen LogP) is 3.61. The zero-order valence-corrected chi connectivity index (χ0v) is 14.3. The molecule has 0 unspecified atom stereocenters. The summed E-state index contributed by atoms with van der Waals surface area (Å²) in [5, 5.41) is 4.41. The van der Waals surface area contributed by atoms with E-state index in [-0.39, 0.29) is 18.0 Å². The van der Waals surface area contributed by atoms with Crippen LogP contribution in [0.15, 0.2) is 60.9 Å². The number of carbonyl (C=O) groups excluding carboxylic acids is 1. The minimum Gasteiger partial charge on any atom is -0.274 e. The smallest absolute Gasteiger partial charge is 0.261 e. The topological polar surface area (TPSA) is 51.0 Å². The average Bonchev–Trinajstić information content (AvgIpc) is 3.11. The summed E-state index contributed by atoms with van der Waals surface area (Å²) in [6.07, 6.45) is 2.33. The molecule has 0 bridgehead atoms. The first-order valence-corrected chi connectivity index (χ1v) is 8.50. The van der Waals surface area contributed by atoms with Gasteiger partial charge in [-0.25, -0.2) is 4.68 Å². The SMILES string of the molecule is Cc1ccccc1C(=O)N1c2ncnn2[C@H](c2ccccc2)C[C@H]1C. The van der Waals surface area contributed by atoms with E-state index in [0.29, 0.717) is 11.5 Å². The van der Waals surface area contributed by atoms with E-state index in [1.54, 1.807) is 4.90 Å². The highest BCUT2D eigenvalue weighted by Gasteiger charge is 2.36. The van der Waals surface area contributed by atoms with E-state index in [1.807, 2.05) is 54.1 Å². The van der Waals surface area contributed by atoms with Crippen molar-refractivity contribution >= 4 is 11.9 Å². The van der Waals surface area contributed by atoms with Crippen LogP contribution in [-0.2, 0) is 0 Å². The molecule has 0 spiro atoms. The van der Waals surface area contributed by atoms with Gasteiger partial charge in [0.15, 0.2) is 0 Å². The molecule has 5 nitrogen and oxygen atoms in total. The fourth-order valence-corrected chi connectivity index (χ4v) is 3.55. The van der Waals surface area contributed by atoms with Crippen molar-refractivity contribution in [3.8, 4) is 0 Å². The average molecular weight is 332 g/mol. The second-order valence-corrected chi connectivity index (χ2v) is 6.51. The van der Waals surface area contributed by atoms with E-state index in [1.165, 1.54) is 11.9 Å². The fraction of sp³-hybridized carbons (Fsp3) is 0.250. The molecule has 0 N–H and O–H groups in total. The lowest BCUT2D eigenvalue weighted by molar-refractivity contribution is 0.0966. The summed E-state index contributed by atoms with van der Waals surface area (Å²) in [6, 6.07) is 18.1. The number of hydrogen-bond donors (Lipinski definition) is 0. The van der Waals surface area contributed by atoms with Crippen LogP contribution in [0.5, 0.6) is 0 Å². The minimum absolute atomic E-state index is 0.0219. The van der Waals surface area contributed by atoms with Crippen molar-refractivity contribution in [1.29, 1.82) is 0 Å². The highest BCUT2D eigenvalue weighted by atomic mass is 16.2. The lowest BCUT2D eigenvalue weighted by atomic mass is 9.96. The van der Waals surface area contributed by atoms with Crippen molar-refractivity contribution in [2.24, 2.45) is 0 Å². The van der Waals surface area contributed by atoms with E-state index < -0.39 is 0 Å². The van der Waals surface area contributed by atoms with Gasteiger partial charge in [-0.3, -0.25) is 9.69 Å². The van der Waals surface area contributed by atoms with E-state index in [0.717, 1.165) is 12.0 Å². The van der Waals surface area contributed by atoms with Crippen LogP contribution in [0.25, 0.3) is 0 Å². The summed E-state index contributed by atoms with van der Waals surface area (Å²) < 4.78 is 1.87. The fourth-order valence-electron chi connectivity index (χ4n) is 3.55. The van der Waals surface area contributed by atoms with Gasteiger partial charge in [0.05, 0.1) is 6.04 Å². The second kappa shape index (κ2) is 6.16. The van der Waals surface area contributed by atoms with E-state index in [2.05, 4.69) is 29.1 Å². The molecular weight excluding hydrogens is 312 g/mol. The van der Waals surface area contributed by atoms with Crippen LogP contribution in [0, 0.1) is 6.92 Å². The Hall–Kier alpha value is -2.95. The Labute approximate surface area is 146 Å². The molecule has 4 rings (SSSR count). The van der Waals surface area contributed by atoms with Crippen LogP contribution >= 0.6 is 0 Å². The molecule has 0 saturated carbocycles. The number of anilines is 1. The number of benzene rings is 2. The molecule has 2 atom stereocenters. The highest BCUT2D eigenvalue weighted by Crippen LogP contribution is 2.35. The molecule has 0 saturated heterocycles. The Balaban J connectivity index is 1.76. The summed E-state index contributed by atoms with van der Waals surface area (Å²) in [6.45, 7) is 4.03. The van der Waals surface area contributed by atoms with Gasteiger partial charge in [-0.05, 0) is 37.5 Å². The van der Waals surface area contributed by atoms with Gasteiger partial charge in [0, 0.05) is 11.6 Å². The van der Waals surface area contributed by atoms with Gasteiger partial charge < -0.3 is 0 Å². The van der Waals surface area contributed by atoms with Crippen LogP contribution in [0.1, 0.15) is 40.9 Å². The molecule has 3 aromatic rings. The quantitative estimate of drug-likeness (QED) is 0.720. The molecule has 0 aliphatic carbocycles. The first kappa shape index (κ1) is 15.6. The largest absolute Gasteiger partial charge is 0.274 e. The predicted molar refractivity (Wildman–Crippen MR) is 96.7 cm³/mol. The molecule has 25 heavy (non-hydrogen) atoms. The Morgan fingerprint density at radius 3 is 2.56 bits per heavy atom.